The van der Waals surface area contributed by atoms with Crippen molar-refractivity contribution in [3.63, 3.8) is 0 Å². The van der Waals surface area contributed by atoms with Crippen molar-refractivity contribution < 1.29 is 4.74 Å². The van der Waals surface area contributed by atoms with Gasteiger partial charge in [0.15, 0.2) is 5.16 Å². The maximum Gasteiger partial charge on any atom is 0.187 e. The summed E-state index contributed by atoms with van der Waals surface area (Å²) in [6.45, 7) is 2.96. The number of hydrogen-bond donors (Lipinski definition) is 0. The minimum atomic E-state index is 0.875. The second-order valence-corrected chi connectivity index (χ2v) is 8.23. The fourth-order valence-corrected chi connectivity index (χ4v) is 4.60. The van der Waals surface area contributed by atoms with Crippen molar-refractivity contribution in [1.82, 2.24) is 14.9 Å². The average Bonchev–Trinajstić information content (AvgIpc) is 3.16. The Kier molecular flexibility index (Phi) is 5.24. The van der Waals surface area contributed by atoms with E-state index in [4.69, 9.17) is 4.74 Å². The Hall–Kier alpha value is -1.89. The largest absolute Gasteiger partial charge is 0.497 e. The molecule has 4 nitrogen and oxygen atoms in total. The van der Waals surface area contributed by atoms with Crippen LogP contribution in [-0.2, 0) is 19.5 Å². The SMILES string of the molecule is COc1ccc(-c2ccc(CN3CCc4nc(SC)ncc4C3)s2)cc1. The maximum absolute atomic E-state index is 5.24. The third-order valence-corrected chi connectivity index (χ3v) is 6.27. The molecule has 0 radical (unpaired) electrons. The summed E-state index contributed by atoms with van der Waals surface area (Å²) in [5.74, 6) is 0.893. The molecule has 2 aromatic heterocycles. The van der Waals surface area contributed by atoms with Crippen LogP contribution in [0.5, 0.6) is 5.75 Å². The zero-order valence-electron chi connectivity index (χ0n) is 14.9. The highest BCUT2D eigenvalue weighted by Crippen LogP contribution is 2.31. The fourth-order valence-electron chi connectivity index (χ4n) is 3.18. The van der Waals surface area contributed by atoms with Gasteiger partial charge in [0.2, 0.25) is 0 Å². The van der Waals surface area contributed by atoms with Gasteiger partial charge in [-0.15, -0.1) is 11.3 Å². The second kappa shape index (κ2) is 7.78. The van der Waals surface area contributed by atoms with Crippen LogP contribution in [0.2, 0.25) is 0 Å². The maximum atomic E-state index is 5.24. The van der Waals surface area contributed by atoms with E-state index < -0.39 is 0 Å². The first-order valence-electron chi connectivity index (χ1n) is 8.59. The van der Waals surface area contributed by atoms with Crippen LogP contribution in [0.15, 0.2) is 47.8 Å². The molecule has 3 aromatic rings. The molecule has 0 bridgehead atoms. The monoisotopic (exact) mass is 383 g/mol. The molecule has 0 saturated heterocycles. The minimum Gasteiger partial charge on any atom is -0.497 e. The Labute approximate surface area is 162 Å². The van der Waals surface area contributed by atoms with E-state index in [1.807, 2.05) is 35.9 Å². The number of hydrogen-bond acceptors (Lipinski definition) is 6. The number of methoxy groups -OCH3 is 1. The Balaban J connectivity index is 1.44. The number of nitrogens with zero attached hydrogens (tertiary/aromatic N) is 3. The lowest BCUT2D eigenvalue weighted by Gasteiger charge is -2.27. The lowest BCUT2D eigenvalue weighted by molar-refractivity contribution is 0.244. The number of fused-ring (bicyclic) bond motifs is 1. The van der Waals surface area contributed by atoms with Gasteiger partial charge in [-0.3, -0.25) is 4.90 Å². The predicted octanol–water partition coefficient (Wildman–Crippen LogP) is 4.49. The molecule has 0 amide bonds. The smallest absolute Gasteiger partial charge is 0.187 e. The van der Waals surface area contributed by atoms with E-state index in [9.17, 15) is 0 Å². The molecule has 0 unspecified atom stereocenters. The molecule has 26 heavy (non-hydrogen) atoms. The van der Waals surface area contributed by atoms with E-state index in [0.29, 0.717) is 0 Å². The number of aromatic nitrogens is 2. The van der Waals surface area contributed by atoms with Crippen LogP contribution in [0.25, 0.3) is 10.4 Å². The minimum absolute atomic E-state index is 0.875. The van der Waals surface area contributed by atoms with Crippen molar-refractivity contribution in [2.24, 2.45) is 0 Å². The average molecular weight is 384 g/mol. The highest BCUT2D eigenvalue weighted by Gasteiger charge is 2.19. The quantitative estimate of drug-likeness (QED) is 0.479. The van der Waals surface area contributed by atoms with Crippen LogP contribution >= 0.6 is 23.1 Å². The van der Waals surface area contributed by atoms with Crippen molar-refractivity contribution in [3.8, 4) is 16.2 Å². The van der Waals surface area contributed by atoms with E-state index in [2.05, 4.69) is 39.1 Å². The second-order valence-electron chi connectivity index (χ2n) is 6.28. The van der Waals surface area contributed by atoms with E-state index in [1.165, 1.54) is 26.6 Å². The van der Waals surface area contributed by atoms with Crippen molar-refractivity contribution in [3.05, 3.63) is 58.7 Å². The van der Waals surface area contributed by atoms with Crippen LogP contribution in [-0.4, -0.2) is 34.8 Å². The Morgan fingerprint density at radius 2 is 2.04 bits per heavy atom. The van der Waals surface area contributed by atoms with E-state index in [0.717, 1.165) is 37.0 Å². The lowest BCUT2D eigenvalue weighted by Crippen LogP contribution is -2.30. The summed E-state index contributed by atoms with van der Waals surface area (Å²) in [6.07, 6.45) is 5.02. The molecular weight excluding hydrogens is 362 g/mol. The Morgan fingerprint density at radius 3 is 2.81 bits per heavy atom. The first kappa shape index (κ1) is 17.5. The van der Waals surface area contributed by atoms with E-state index >= 15 is 0 Å². The number of thioether (sulfide) groups is 1. The number of rotatable bonds is 5. The summed E-state index contributed by atoms with van der Waals surface area (Å²) in [5.41, 5.74) is 3.72. The molecule has 0 N–H and O–H groups in total. The van der Waals surface area contributed by atoms with Crippen LogP contribution in [0.1, 0.15) is 16.1 Å². The Bertz CT molecular complexity index is 892. The molecule has 0 spiro atoms. The van der Waals surface area contributed by atoms with Gasteiger partial charge in [-0.25, -0.2) is 9.97 Å². The van der Waals surface area contributed by atoms with Crippen molar-refractivity contribution >= 4 is 23.1 Å². The van der Waals surface area contributed by atoms with Crippen LogP contribution < -0.4 is 4.74 Å². The van der Waals surface area contributed by atoms with Gasteiger partial charge in [0.05, 0.1) is 12.8 Å². The molecule has 6 heteroatoms. The van der Waals surface area contributed by atoms with Gasteiger partial charge >= 0.3 is 0 Å². The van der Waals surface area contributed by atoms with Crippen LogP contribution in [0.4, 0.5) is 0 Å². The molecule has 1 aliphatic heterocycles. The summed E-state index contributed by atoms with van der Waals surface area (Å²) in [6, 6.07) is 12.7. The van der Waals surface area contributed by atoms with Gasteiger partial charge < -0.3 is 4.74 Å². The van der Waals surface area contributed by atoms with E-state index in [1.54, 1.807) is 18.9 Å². The number of ether oxygens (including phenoxy) is 1. The summed E-state index contributed by atoms with van der Waals surface area (Å²) >= 11 is 3.47. The molecule has 0 saturated carbocycles. The van der Waals surface area contributed by atoms with Crippen LogP contribution in [0.3, 0.4) is 0 Å². The highest BCUT2D eigenvalue weighted by molar-refractivity contribution is 7.98. The van der Waals surface area contributed by atoms with Crippen molar-refractivity contribution in [2.75, 3.05) is 19.9 Å². The lowest BCUT2D eigenvalue weighted by atomic mass is 10.1. The normalized spacial score (nSPS) is 14.2. The van der Waals surface area contributed by atoms with Crippen molar-refractivity contribution in [1.29, 1.82) is 0 Å². The molecule has 0 atom stereocenters. The van der Waals surface area contributed by atoms with Gasteiger partial charge in [-0.1, -0.05) is 11.8 Å². The van der Waals surface area contributed by atoms with Gasteiger partial charge in [0, 0.05) is 47.6 Å². The van der Waals surface area contributed by atoms with Crippen molar-refractivity contribution in [2.45, 2.75) is 24.7 Å². The third-order valence-electron chi connectivity index (χ3n) is 4.59. The molecule has 1 aliphatic rings. The van der Waals surface area contributed by atoms with E-state index in [-0.39, 0.29) is 0 Å². The fraction of sp³-hybridized carbons (Fsp3) is 0.300. The number of benzene rings is 1. The van der Waals surface area contributed by atoms with Gasteiger partial charge in [-0.05, 0) is 48.2 Å². The van der Waals surface area contributed by atoms with Gasteiger partial charge in [0.25, 0.3) is 0 Å². The molecular formula is C20H21N3OS2. The third kappa shape index (κ3) is 3.77. The summed E-state index contributed by atoms with van der Waals surface area (Å²) in [7, 11) is 1.70. The first-order valence-corrected chi connectivity index (χ1v) is 10.6. The summed E-state index contributed by atoms with van der Waals surface area (Å²) < 4.78 is 5.24. The molecule has 0 fully saturated rings. The molecule has 1 aromatic carbocycles. The predicted molar refractivity (Wildman–Crippen MR) is 108 cm³/mol. The Morgan fingerprint density at radius 1 is 1.19 bits per heavy atom. The van der Waals surface area contributed by atoms with Gasteiger partial charge in [-0.2, -0.15) is 0 Å². The summed E-state index contributed by atoms with van der Waals surface area (Å²) in [5, 5.41) is 0.875. The molecule has 134 valence electrons. The zero-order valence-corrected chi connectivity index (χ0v) is 16.6. The standard InChI is InChI=1S/C20H21N3OS2/c1-24-16-5-3-14(4-6-16)19-8-7-17(26-19)13-23-10-9-18-15(12-23)11-21-20(22-18)25-2/h3-8,11H,9-10,12-13H2,1-2H3. The molecule has 4 rings (SSSR count). The summed E-state index contributed by atoms with van der Waals surface area (Å²) in [4.78, 5) is 14.2. The van der Waals surface area contributed by atoms with Crippen LogP contribution in [0, 0.1) is 0 Å². The highest BCUT2D eigenvalue weighted by atomic mass is 32.2. The molecule has 3 heterocycles. The first-order chi connectivity index (χ1) is 12.7. The zero-order chi connectivity index (χ0) is 17.9. The number of thiophene rings is 1. The van der Waals surface area contributed by atoms with Gasteiger partial charge in [0.1, 0.15) is 5.75 Å². The topological polar surface area (TPSA) is 38.2 Å². The molecule has 0 aliphatic carbocycles.